The Morgan fingerprint density at radius 3 is 2.47 bits per heavy atom. The van der Waals surface area contributed by atoms with Crippen LogP contribution in [0.5, 0.6) is 5.88 Å². The van der Waals surface area contributed by atoms with Gasteiger partial charge in [-0.2, -0.15) is 4.98 Å². The molecule has 0 atom stereocenters. The molecule has 0 radical (unpaired) electrons. The van der Waals surface area contributed by atoms with Crippen LogP contribution in [0.4, 0.5) is 5.82 Å². The van der Waals surface area contributed by atoms with Crippen molar-refractivity contribution in [3.05, 3.63) is 16.1 Å². The third-order valence-electron chi connectivity index (χ3n) is 2.10. The quantitative estimate of drug-likeness (QED) is 0.806. The summed E-state index contributed by atoms with van der Waals surface area (Å²) in [5, 5.41) is 3.91. The first-order valence-corrected chi connectivity index (χ1v) is 6.95. The lowest BCUT2D eigenvalue weighted by Crippen LogP contribution is -2.22. The molecule has 4 nitrogen and oxygen atoms in total. The molecule has 0 amide bonds. The highest BCUT2D eigenvalue weighted by atomic mass is 35.5. The Balaban J connectivity index is 2.60. The fourth-order valence-corrected chi connectivity index (χ4v) is 1.81. The molecule has 19 heavy (non-hydrogen) atoms. The maximum atomic E-state index is 6.03. The highest BCUT2D eigenvalue weighted by Gasteiger charge is 2.12. The van der Waals surface area contributed by atoms with Crippen LogP contribution in [0.2, 0.25) is 10.0 Å². The Morgan fingerprint density at radius 1 is 1.21 bits per heavy atom. The second-order valence-electron chi connectivity index (χ2n) is 4.95. The van der Waals surface area contributed by atoms with E-state index in [9.17, 15) is 0 Å². The van der Waals surface area contributed by atoms with E-state index < -0.39 is 0 Å². The van der Waals surface area contributed by atoms with Gasteiger partial charge in [0.15, 0.2) is 0 Å². The maximum Gasteiger partial charge on any atom is 0.234 e. The van der Waals surface area contributed by atoms with Crippen molar-refractivity contribution in [2.45, 2.75) is 33.3 Å². The topological polar surface area (TPSA) is 43.4 Å². The molecule has 1 aromatic rings. The minimum absolute atomic E-state index is 0.185. The van der Waals surface area contributed by atoms with Gasteiger partial charge in [-0.3, -0.25) is 0 Å². The lowest BCUT2D eigenvalue weighted by molar-refractivity contribution is -0.0167. The second kappa shape index (κ2) is 7.17. The molecule has 108 valence electrons. The molecule has 1 aromatic heterocycles. The molecule has 0 aliphatic carbocycles. The first-order valence-electron chi connectivity index (χ1n) is 6.20. The fraction of sp³-hybridized carbons (Fsp3) is 0.615. The van der Waals surface area contributed by atoms with Gasteiger partial charge >= 0.3 is 0 Å². The number of anilines is 1. The predicted octanol–water partition coefficient (Wildman–Crippen LogP) is 4.01. The first-order chi connectivity index (χ1) is 8.83. The number of pyridine rings is 1. The van der Waals surface area contributed by atoms with Crippen LogP contribution < -0.4 is 10.1 Å². The van der Waals surface area contributed by atoms with E-state index in [0.717, 1.165) is 6.54 Å². The van der Waals surface area contributed by atoms with Gasteiger partial charge in [-0.15, -0.1) is 0 Å². The zero-order chi connectivity index (χ0) is 14.5. The Morgan fingerprint density at radius 2 is 1.89 bits per heavy atom. The van der Waals surface area contributed by atoms with Crippen molar-refractivity contribution in [1.82, 2.24) is 4.98 Å². The van der Waals surface area contributed by atoms with Gasteiger partial charge in [0.05, 0.1) is 17.2 Å². The molecule has 0 aromatic carbocycles. The van der Waals surface area contributed by atoms with Crippen LogP contribution in [0.3, 0.4) is 0 Å². The molecule has 0 spiro atoms. The zero-order valence-corrected chi connectivity index (χ0v) is 13.2. The van der Waals surface area contributed by atoms with Crippen LogP contribution in [0.15, 0.2) is 6.07 Å². The number of hydrogen-bond acceptors (Lipinski definition) is 4. The summed E-state index contributed by atoms with van der Waals surface area (Å²) >= 11 is 12.0. The molecule has 0 unspecified atom stereocenters. The van der Waals surface area contributed by atoms with Crippen LogP contribution >= 0.6 is 23.2 Å². The Hall–Kier alpha value is -0.710. The van der Waals surface area contributed by atoms with E-state index >= 15 is 0 Å². The summed E-state index contributed by atoms with van der Waals surface area (Å²) < 4.78 is 11.1. The van der Waals surface area contributed by atoms with E-state index in [1.807, 2.05) is 27.7 Å². The number of halogens is 2. The number of nitrogens with one attached hydrogen (secondary N) is 1. The van der Waals surface area contributed by atoms with Gasteiger partial charge in [0, 0.05) is 6.54 Å². The molecular weight excluding hydrogens is 287 g/mol. The molecular formula is C13H20Cl2N2O2. The van der Waals surface area contributed by atoms with Crippen molar-refractivity contribution in [1.29, 1.82) is 0 Å². The minimum atomic E-state index is -0.185. The van der Waals surface area contributed by atoms with Gasteiger partial charge in [-0.1, -0.05) is 23.2 Å². The first kappa shape index (κ1) is 16.3. The summed E-state index contributed by atoms with van der Waals surface area (Å²) in [6.45, 7) is 9.51. The van der Waals surface area contributed by atoms with E-state index in [-0.39, 0.29) is 5.60 Å². The number of ether oxygens (including phenoxy) is 2. The maximum absolute atomic E-state index is 6.03. The SMILES string of the molecule is CCNc1nc(OCCOC(C)(C)C)c(Cl)cc1Cl. The van der Waals surface area contributed by atoms with Crippen LogP contribution in [0.25, 0.3) is 0 Å². The Kier molecular flexibility index (Phi) is 6.17. The summed E-state index contributed by atoms with van der Waals surface area (Å²) in [5.74, 6) is 0.930. The minimum Gasteiger partial charge on any atom is -0.474 e. The molecule has 0 bridgehead atoms. The molecule has 0 aliphatic heterocycles. The number of nitrogens with zero attached hydrogens (tertiary/aromatic N) is 1. The van der Waals surface area contributed by atoms with E-state index in [2.05, 4.69) is 10.3 Å². The largest absolute Gasteiger partial charge is 0.474 e. The lowest BCUT2D eigenvalue weighted by Gasteiger charge is -2.19. The van der Waals surface area contributed by atoms with Crippen LogP contribution in [0, 0.1) is 0 Å². The van der Waals surface area contributed by atoms with Crippen molar-refractivity contribution >= 4 is 29.0 Å². The summed E-state index contributed by atoms with van der Waals surface area (Å²) in [6, 6.07) is 1.62. The van der Waals surface area contributed by atoms with Crippen molar-refractivity contribution in [2.75, 3.05) is 25.1 Å². The Bertz CT molecular complexity index is 420. The van der Waals surface area contributed by atoms with E-state index in [1.165, 1.54) is 0 Å². The monoisotopic (exact) mass is 306 g/mol. The molecule has 1 rings (SSSR count). The average molecular weight is 307 g/mol. The van der Waals surface area contributed by atoms with E-state index in [1.54, 1.807) is 6.07 Å². The third-order valence-corrected chi connectivity index (χ3v) is 2.66. The fourth-order valence-electron chi connectivity index (χ4n) is 1.33. The third kappa shape index (κ3) is 5.85. The summed E-state index contributed by atoms with van der Waals surface area (Å²) in [5.41, 5.74) is -0.185. The zero-order valence-electron chi connectivity index (χ0n) is 11.7. The molecule has 6 heteroatoms. The Labute approximate surface area is 124 Å². The van der Waals surface area contributed by atoms with Gasteiger partial charge in [-0.05, 0) is 33.8 Å². The van der Waals surface area contributed by atoms with Gasteiger partial charge in [0.1, 0.15) is 17.4 Å². The number of aromatic nitrogens is 1. The highest BCUT2D eigenvalue weighted by Crippen LogP contribution is 2.30. The molecule has 1 N–H and O–H groups in total. The highest BCUT2D eigenvalue weighted by molar-refractivity contribution is 6.36. The van der Waals surface area contributed by atoms with Gasteiger partial charge in [-0.25, -0.2) is 0 Å². The average Bonchev–Trinajstić information content (AvgIpc) is 2.28. The van der Waals surface area contributed by atoms with Gasteiger partial charge in [0.25, 0.3) is 0 Å². The number of hydrogen-bond donors (Lipinski definition) is 1. The van der Waals surface area contributed by atoms with Gasteiger partial charge < -0.3 is 14.8 Å². The van der Waals surface area contributed by atoms with Crippen LogP contribution in [-0.2, 0) is 4.74 Å². The summed E-state index contributed by atoms with van der Waals surface area (Å²) in [7, 11) is 0. The van der Waals surface area contributed by atoms with Crippen molar-refractivity contribution < 1.29 is 9.47 Å². The van der Waals surface area contributed by atoms with Crippen LogP contribution in [0.1, 0.15) is 27.7 Å². The van der Waals surface area contributed by atoms with E-state index in [0.29, 0.717) is 35.0 Å². The molecule has 0 saturated heterocycles. The normalized spacial score (nSPS) is 11.5. The van der Waals surface area contributed by atoms with Gasteiger partial charge in [0.2, 0.25) is 5.88 Å². The molecule has 0 aliphatic rings. The number of rotatable bonds is 6. The smallest absolute Gasteiger partial charge is 0.234 e. The van der Waals surface area contributed by atoms with Crippen molar-refractivity contribution in [3.8, 4) is 5.88 Å². The van der Waals surface area contributed by atoms with Crippen molar-refractivity contribution in [2.24, 2.45) is 0 Å². The van der Waals surface area contributed by atoms with Crippen LogP contribution in [-0.4, -0.2) is 30.3 Å². The second-order valence-corrected chi connectivity index (χ2v) is 5.76. The van der Waals surface area contributed by atoms with Crippen molar-refractivity contribution in [3.63, 3.8) is 0 Å². The summed E-state index contributed by atoms with van der Waals surface area (Å²) in [4.78, 5) is 4.24. The lowest BCUT2D eigenvalue weighted by atomic mass is 10.2. The molecule has 0 saturated carbocycles. The standard InChI is InChI=1S/C13H20Cl2N2O2/c1-5-16-11-9(14)8-10(15)12(17-11)18-6-7-19-13(2,3)4/h8H,5-7H2,1-4H3,(H,16,17). The summed E-state index contributed by atoms with van der Waals surface area (Å²) in [6.07, 6.45) is 0. The predicted molar refractivity (Wildman–Crippen MR) is 79.6 cm³/mol. The molecule has 0 fully saturated rings. The molecule has 1 heterocycles. The van der Waals surface area contributed by atoms with E-state index in [4.69, 9.17) is 32.7 Å².